The van der Waals surface area contributed by atoms with Crippen LogP contribution in [-0.4, -0.2) is 22.8 Å². The highest BCUT2D eigenvalue weighted by Gasteiger charge is 2.60. The smallest absolute Gasteiger partial charge is 0.350 e. The van der Waals surface area contributed by atoms with E-state index in [9.17, 15) is 18.3 Å². The van der Waals surface area contributed by atoms with Crippen LogP contribution in [0, 0.1) is 0 Å². The summed E-state index contributed by atoms with van der Waals surface area (Å²) in [4.78, 5) is 4.13. The van der Waals surface area contributed by atoms with E-state index in [-0.39, 0.29) is 12.3 Å². The molecule has 0 fully saturated rings. The van der Waals surface area contributed by atoms with Crippen LogP contribution in [0.15, 0.2) is 29.4 Å². The Morgan fingerprint density at radius 2 is 2.17 bits per heavy atom. The van der Waals surface area contributed by atoms with Crippen molar-refractivity contribution in [1.82, 2.24) is 0 Å². The molecule has 1 aromatic carbocycles. The number of alkyl halides is 3. The van der Waals surface area contributed by atoms with Gasteiger partial charge in [0.1, 0.15) is 0 Å². The van der Waals surface area contributed by atoms with Crippen molar-refractivity contribution in [3.8, 4) is 0 Å². The van der Waals surface area contributed by atoms with Crippen LogP contribution < -0.4 is 5.73 Å². The highest BCUT2D eigenvalue weighted by molar-refractivity contribution is 6.01. The highest BCUT2D eigenvalue weighted by Crippen LogP contribution is 2.38. The van der Waals surface area contributed by atoms with E-state index in [1.807, 2.05) is 0 Å². The van der Waals surface area contributed by atoms with Crippen molar-refractivity contribution in [1.29, 1.82) is 0 Å². The minimum Gasteiger partial charge on any atom is -0.350 e. The monoisotopic (exact) mass is 260 g/mol. The van der Waals surface area contributed by atoms with Crippen molar-refractivity contribution in [3.05, 3.63) is 35.4 Å². The zero-order valence-corrected chi connectivity index (χ0v) is 9.24. The SMILES string of the molecule is NCc1cccc(C2=NOC(O)(C(F)(F)F)C2)c1. The molecule has 0 aliphatic carbocycles. The van der Waals surface area contributed by atoms with E-state index in [4.69, 9.17) is 5.73 Å². The molecule has 1 aliphatic rings. The predicted octanol–water partition coefficient (Wildman–Crippen LogP) is 1.52. The Morgan fingerprint density at radius 3 is 2.72 bits per heavy atom. The van der Waals surface area contributed by atoms with Gasteiger partial charge in [0, 0.05) is 6.54 Å². The van der Waals surface area contributed by atoms with Crippen LogP contribution >= 0.6 is 0 Å². The minimum absolute atomic E-state index is 0.0464. The molecule has 1 aliphatic heterocycles. The van der Waals surface area contributed by atoms with Gasteiger partial charge in [-0.25, -0.2) is 0 Å². The van der Waals surface area contributed by atoms with Gasteiger partial charge in [0.15, 0.2) is 0 Å². The molecule has 3 N–H and O–H groups in total. The third kappa shape index (κ3) is 2.19. The molecule has 1 heterocycles. The molecule has 1 atom stereocenters. The molecule has 0 saturated carbocycles. The van der Waals surface area contributed by atoms with Gasteiger partial charge in [0.2, 0.25) is 0 Å². The highest BCUT2D eigenvalue weighted by atomic mass is 19.4. The van der Waals surface area contributed by atoms with E-state index in [0.717, 1.165) is 5.56 Å². The average molecular weight is 260 g/mol. The number of halogens is 3. The van der Waals surface area contributed by atoms with E-state index in [2.05, 4.69) is 9.99 Å². The Hall–Kier alpha value is -1.60. The molecule has 0 spiro atoms. The van der Waals surface area contributed by atoms with Gasteiger partial charge in [0.25, 0.3) is 0 Å². The summed E-state index contributed by atoms with van der Waals surface area (Å²) in [5.41, 5.74) is 6.70. The van der Waals surface area contributed by atoms with Crippen LogP contribution in [0.4, 0.5) is 13.2 Å². The van der Waals surface area contributed by atoms with E-state index >= 15 is 0 Å². The molecule has 0 radical (unpaired) electrons. The Bertz CT molecular complexity index is 487. The number of oxime groups is 1. The second kappa shape index (κ2) is 4.25. The van der Waals surface area contributed by atoms with E-state index in [1.165, 1.54) is 0 Å². The first kappa shape index (κ1) is 12.8. The molecule has 0 bridgehead atoms. The van der Waals surface area contributed by atoms with E-state index < -0.39 is 18.4 Å². The summed E-state index contributed by atoms with van der Waals surface area (Å²) in [6, 6.07) is 6.61. The fraction of sp³-hybridized carbons (Fsp3) is 0.364. The molecule has 0 amide bonds. The normalized spacial score (nSPS) is 23.7. The van der Waals surface area contributed by atoms with Crippen LogP contribution in [0.3, 0.4) is 0 Å². The van der Waals surface area contributed by atoms with Crippen molar-refractivity contribution in [2.75, 3.05) is 0 Å². The maximum atomic E-state index is 12.5. The summed E-state index contributed by atoms with van der Waals surface area (Å²) < 4.78 is 37.5. The molecular formula is C11H11F3N2O2. The summed E-state index contributed by atoms with van der Waals surface area (Å²) in [5.74, 6) is -3.24. The van der Waals surface area contributed by atoms with Crippen LogP contribution in [-0.2, 0) is 11.4 Å². The number of nitrogens with zero attached hydrogens (tertiary/aromatic N) is 1. The first-order valence-electron chi connectivity index (χ1n) is 5.19. The molecule has 0 aromatic heterocycles. The van der Waals surface area contributed by atoms with Crippen molar-refractivity contribution in [2.45, 2.75) is 24.9 Å². The lowest BCUT2D eigenvalue weighted by molar-refractivity contribution is -0.355. The van der Waals surface area contributed by atoms with Gasteiger partial charge < -0.3 is 15.7 Å². The molecule has 98 valence electrons. The zero-order valence-electron chi connectivity index (χ0n) is 9.24. The lowest BCUT2D eigenvalue weighted by Crippen LogP contribution is -2.45. The first-order chi connectivity index (χ1) is 8.36. The van der Waals surface area contributed by atoms with Gasteiger partial charge in [-0.2, -0.15) is 13.2 Å². The van der Waals surface area contributed by atoms with Crippen molar-refractivity contribution in [3.63, 3.8) is 0 Å². The Balaban J connectivity index is 2.23. The third-order valence-corrected chi connectivity index (χ3v) is 2.65. The Morgan fingerprint density at radius 1 is 1.44 bits per heavy atom. The molecule has 0 saturated heterocycles. The number of hydrogen-bond donors (Lipinski definition) is 2. The van der Waals surface area contributed by atoms with Crippen LogP contribution in [0.5, 0.6) is 0 Å². The van der Waals surface area contributed by atoms with Gasteiger partial charge in [-0.15, -0.1) is 0 Å². The van der Waals surface area contributed by atoms with Crippen molar-refractivity contribution < 1.29 is 23.1 Å². The van der Waals surface area contributed by atoms with Gasteiger partial charge in [-0.3, -0.25) is 0 Å². The van der Waals surface area contributed by atoms with Gasteiger partial charge >= 0.3 is 12.0 Å². The summed E-state index contributed by atoms with van der Waals surface area (Å²) in [6.07, 6.45) is -5.62. The average Bonchev–Trinajstić information content (AvgIpc) is 2.73. The molecule has 1 unspecified atom stereocenters. The zero-order chi connectivity index (χ0) is 13.4. The van der Waals surface area contributed by atoms with E-state index in [0.29, 0.717) is 5.56 Å². The fourth-order valence-electron chi connectivity index (χ4n) is 1.61. The molecular weight excluding hydrogens is 249 g/mol. The maximum Gasteiger partial charge on any atom is 0.458 e. The molecule has 18 heavy (non-hydrogen) atoms. The van der Waals surface area contributed by atoms with Crippen LogP contribution in [0.25, 0.3) is 0 Å². The number of nitrogens with two attached hydrogens (primary N) is 1. The van der Waals surface area contributed by atoms with Gasteiger partial charge in [-0.05, 0) is 17.2 Å². The topological polar surface area (TPSA) is 67.8 Å². The van der Waals surface area contributed by atoms with Crippen molar-refractivity contribution >= 4 is 5.71 Å². The van der Waals surface area contributed by atoms with Crippen LogP contribution in [0.2, 0.25) is 0 Å². The lowest BCUT2D eigenvalue weighted by atomic mass is 10.0. The van der Waals surface area contributed by atoms with Crippen LogP contribution in [0.1, 0.15) is 17.5 Å². The molecule has 2 rings (SSSR count). The quantitative estimate of drug-likeness (QED) is 0.847. The Kier molecular flexibility index (Phi) is 3.04. The van der Waals surface area contributed by atoms with E-state index in [1.54, 1.807) is 24.3 Å². The summed E-state index contributed by atoms with van der Waals surface area (Å²) >= 11 is 0. The standard InChI is InChI=1S/C11H11F3N2O2/c12-11(13,14)10(17)5-9(16-18-10)8-3-1-2-7(4-8)6-15/h1-4,17H,5-6,15H2. The molecule has 4 nitrogen and oxygen atoms in total. The maximum absolute atomic E-state index is 12.5. The summed E-state index contributed by atoms with van der Waals surface area (Å²) in [5, 5.41) is 12.6. The van der Waals surface area contributed by atoms with Crippen molar-refractivity contribution in [2.24, 2.45) is 10.9 Å². The third-order valence-electron chi connectivity index (χ3n) is 2.65. The fourth-order valence-corrected chi connectivity index (χ4v) is 1.61. The number of rotatable bonds is 2. The largest absolute Gasteiger partial charge is 0.458 e. The number of aliphatic hydroxyl groups is 1. The number of benzene rings is 1. The molecule has 1 aromatic rings. The lowest BCUT2D eigenvalue weighted by Gasteiger charge is -2.22. The minimum atomic E-state index is -4.89. The first-order valence-corrected chi connectivity index (χ1v) is 5.19. The summed E-state index contributed by atoms with van der Waals surface area (Å²) in [7, 11) is 0. The number of hydrogen-bond acceptors (Lipinski definition) is 4. The van der Waals surface area contributed by atoms with Gasteiger partial charge in [0.05, 0.1) is 12.1 Å². The second-order valence-electron chi connectivity index (χ2n) is 3.99. The molecule has 7 heteroatoms. The predicted molar refractivity (Wildman–Crippen MR) is 57.6 cm³/mol. The summed E-state index contributed by atoms with van der Waals surface area (Å²) in [6.45, 7) is 0.269. The van der Waals surface area contributed by atoms with Gasteiger partial charge in [-0.1, -0.05) is 23.4 Å². The Labute approximate surface area is 101 Å². The second-order valence-corrected chi connectivity index (χ2v) is 3.99.